The van der Waals surface area contributed by atoms with Crippen molar-refractivity contribution < 1.29 is 37.0 Å². The number of carbonyl (C=O) groups is 2. The number of benzene rings is 2. The molecule has 1 fully saturated rings. The largest absolute Gasteiger partial charge is 0.490 e. The number of carboxylic acid groups (broad SMARTS) is 1. The Hall–Kier alpha value is -3.44. The van der Waals surface area contributed by atoms with Crippen LogP contribution in [0.25, 0.3) is 0 Å². The lowest BCUT2D eigenvalue weighted by molar-refractivity contribution is -0.192. The Morgan fingerprint density at radius 2 is 1.76 bits per heavy atom. The van der Waals surface area contributed by atoms with Crippen LogP contribution in [0.5, 0.6) is 5.75 Å². The van der Waals surface area contributed by atoms with Gasteiger partial charge in [0.05, 0.1) is 4.88 Å². The van der Waals surface area contributed by atoms with Gasteiger partial charge in [-0.05, 0) is 72.7 Å². The van der Waals surface area contributed by atoms with Gasteiger partial charge in [-0.2, -0.15) is 13.2 Å². The zero-order valence-electron chi connectivity index (χ0n) is 19.9. The molecule has 0 aliphatic carbocycles. The summed E-state index contributed by atoms with van der Waals surface area (Å²) in [5.41, 5.74) is 2.91. The van der Waals surface area contributed by atoms with Gasteiger partial charge in [-0.15, -0.1) is 11.3 Å². The molecule has 1 aromatic heterocycles. The SMILES string of the molecule is Cc1cc(NC(=O)c2cccs2)ccc1OC1CCN(Cc2ccc(F)cc2)CC1.O=C(O)C(F)(F)F. The second-order valence-electron chi connectivity index (χ2n) is 8.43. The highest BCUT2D eigenvalue weighted by Crippen LogP contribution is 2.26. The van der Waals surface area contributed by atoms with E-state index < -0.39 is 12.1 Å². The molecule has 0 spiro atoms. The zero-order chi connectivity index (χ0) is 27.0. The van der Waals surface area contributed by atoms with E-state index in [0.717, 1.165) is 55.0 Å². The number of carboxylic acids is 1. The Morgan fingerprint density at radius 1 is 1.11 bits per heavy atom. The minimum absolute atomic E-state index is 0.0911. The van der Waals surface area contributed by atoms with Crippen LogP contribution in [0.3, 0.4) is 0 Å². The highest BCUT2D eigenvalue weighted by Gasteiger charge is 2.38. The quantitative estimate of drug-likeness (QED) is 0.370. The Balaban J connectivity index is 0.000000479. The van der Waals surface area contributed by atoms with E-state index in [9.17, 15) is 22.4 Å². The predicted octanol–water partition coefficient (Wildman–Crippen LogP) is 6.12. The molecule has 1 aliphatic heterocycles. The first-order valence-corrected chi connectivity index (χ1v) is 12.3. The number of hydrogen-bond acceptors (Lipinski definition) is 5. The molecule has 0 radical (unpaired) electrons. The van der Waals surface area contributed by atoms with Gasteiger partial charge >= 0.3 is 12.1 Å². The average Bonchev–Trinajstić information content (AvgIpc) is 3.39. The standard InChI is InChI=1S/C24H25FN2O2S.C2HF3O2/c1-17-15-20(26-24(28)23-3-2-14-30-23)8-9-22(17)29-21-10-12-27(13-11-21)16-18-4-6-19(25)7-5-18;3-2(4,5)1(6)7/h2-9,14-15,21H,10-13,16H2,1H3,(H,26,28);(H,6,7). The van der Waals surface area contributed by atoms with Gasteiger partial charge in [0.2, 0.25) is 0 Å². The topological polar surface area (TPSA) is 78.9 Å². The molecular weight excluding hydrogens is 512 g/mol. The molecule has 0 bridgehead atoms. The van der Waals surface area contributed by atoms with Gasteiger partial charge in [0.1, 0.15) is 17.7 Å². The maximum atomic E-state index is 13.1. The first-order chi connectivity index (χ1) is 17.5. The number of nitrogens with zero attached hydrogens (tertiary/aromatic N) is 1. The molecule has 1 amide bonds. The van der Waals surface area contributed by atoms with Gasteiger partial charge in [-0.3, -0.25) is 9.69 Å². The molecule has 2 heterocycles. The van der Waals surface area contributed by atoms with Gasteiger partial charge < -0.3 is 15.2 Å². The van der Waals surface area contributed by atoms with Crippen LogP contribution in [0.2, 0.25) is 0 Å². The Morgan fingerprint density at radius 3 is 2.30 bits per heavy atom. The monoisotopic (exact) mass is 538 g/mol. The number of likely N-dealkylation sites (tertiary alicyclic amines) is 1. The molecule has 1 saturated heterocycles. The summed E-state index contributed by atoms with van der Waals surface area (Å²) in [5.74, 6) is -2.18. The minimum atomic E-state index is -5.08. The first kappa shape index (κ1) is 28.1. The van der Waals surface area contributed by atoms with Crippen molar-refractivity contribution in [2.75, 3.05) is 18.4 Å². The molecule has 0 saturated carbocycles. The fourth-order valence-corrected chi connectivity index (χ4v) is 4.29. The Labute approximate surface area is 215 Å². The number of halogens is 4. The molecule has 1 aliphatic rings. The van der Waals surface area contributed by atoms with Crippen molar-refractivity contribution in [1.29, 1.82) is 0 Å². The van der Waals surface area contributed by atoms with Crippen molar-refractivity contribution in [2.24, 2.45) is 0 Å². The number of hydrogen-bond donors (Lipinski definition) is 2. The number of thiophene rings is 1. The van der Waals surface area contributed by atoms with E-state index >= 15 is 0 Å². The Bertz CT molecular complexity index is 1180. The normalized spacial score (nSPS) is 14.4. The van der Waals surface area contributed by atoms with Crippen LogP contribution in [0.1, 0.15) is 33.6 Å². The lowest BCUT2D eigenvalue weighted by Gasteiger charge is -2.32. The van der Waals surface area contributed by atoms with Crippen LogP contribution in [0.15, 0.2) is 60.0 Å². The molecule has 6 nitrogen and oxygen atoms in total. The van der Waals surface area contributed by atoms with Crippen LogP contribution in [-0.2, 0) is 11.3 Å². The maximum absolute atomic E-state index is 13.1. The van der Waals surface area contributed by atoms with Crippen LogP contribution >= 0.6 is 11.3 Å². The summed E-state index contributed by atoms with van der Waals surface area (Å²) in [6, 6.07) is 16.2. The molecule has 198 valence electrons. The number of amides is 1. The maximum Gasteiger partial charge on any atom is 0.490 e. The van der Waals surface area contributed by atoms with Crippen molar-refractivity contribution in [1.82, 2.24) is 4.90 Å². The first-order valence-electron chi connectivity index (χ1n) is 11.4. The number of aliphatic carboxylic acids is 1. The summed E-state index contributed by atoms with van der Waals surface area (Å²) < 4.78 is 51.0. The third kappa shape index (κ3) is 8.87. The third-order valence-electron chi connectivity index (χ3n) is 5.57. The zero-order valence-corrected chi connectivity index (χ0v) is 20.7. The summed E-state index contributed by atoms with van der Waals surface area (Å²) in [4.78, 5) is 24.2. The number of anilines is 1. The van der Waals surface area contributed by atoms with Gasteiger partial charge in [0.25, 0.3) is 5.91 Å². The van der Waals surface area contributed by atoms with Crippen LogP contribution < -0.4 is 10.1 Å². The summed E-state index contributed by atoms with van der Waals surface area (Å²) in [7, 11) is 0. The summed E-state index contributed by atoms with van der Waals surface area (Å²) in [6.07, 6.45) is -2.99. The number of aryl methyl sites for hydroxylation is 1. The van der Waals surface area contributed by atoms with E-state index in [2.05, 4.69) is 10.2 Å². The molecule has 3 aromatic rings. The molecule has 0 atom stereocenters. The number of carbonyl (C=O) groups excluding carboxylic acids is 1. The number of alkyl halides is 3. The Kier molecular flexibility index (Phi) is 9.65. The van der Waals surface area contributed by atoms with E-state index in [4.69, 9.17) is 14.6 Å². The fraction of sp³-hybridized carbons (Fsp3) is 0.308. The van der Waals surface area contributed by atoms with Crippen molar-refractivity contribution >= 4 is 28.9 Å². The van der Waals surface area contributed by atoms with Gasteiger partial charge in [0, 0.05) is 25.3 Å². The summed E-state index contributed by atoms with van der Waals surface area (Å²) >= 11 is 1.42. The number of rotatable bonds is 6. The molecule has 2 aromatic carbocycles. The van der Waals surface area contributed by atoms with Crippen LogP contribution in [-0.4, -0.2) is 47.3 Å². The highest BCUT2D eigenvalue weighted by molar-refractivity contribution is 7.12. The summed E-state index contributed by atoms with van der Waals surface area (Å²) in [6.45, 7) is 4.75. The van der Waals surface area contributed by atoms with Crippen molar-refractivity contribution in [3.05, 3.63) is 81.8 Å². The fourth-order valence-electron chi connectivity index (χ4n) is 3.67. The van der Waals surface area contributed by atoms with Crippen molar-refractivity contribution in [2.45, 2.75) is 38.6 Å². The van der Waals surface area contributed by atoms with Gasteiger partial charge in [-0.25, -0.2) is 9.18 Å². The van der Waals surface area contributed by atoms with Crippen molar-refractivity contribution in [3.63, 3.8) is 0 Å². The molecule has 4 rings (SSSR count). The number of piperidine rings is 1. The molecule has 0 unspecified atom stereocenters. The van der Waals surface area contributed by atoms with E-state index in [1.165, 1.54) is 23.5 Å². The minimum Gasteiger partial charge on any atom is -0.490 e. The second kappa shape index (κ2) is 12.7. The van der Waals surface area contributed by atoms with Crippen LogP contribution in [0, 0.1) is 12.7 Å². The highest BCUT2D eigenvalue weighted by atomic mass is 32.1. The molecule has 11 heteroatoms. The molecule has 2 N–H and O–H groups in total. The second-order valence-corrected chi connectivity index (χ2v) is 9.38. The van der Waals surface area contributed by atoms with Gasteiger partial charge in [-0.1, -0.05) is 18.2 Å². The lowest BCUT2D eigenvalue weighted by Crippen LogP contribution is -2.37. The van der Waals surface area contributed by atoms with E-state index in [1.807, 2.05) is 54.8 Å². The predicted molar refractivity (Wildman–Crippen MR) is 132 cm³/mol. The summed E-state index contributed by atoms with van der Waals surface area (Å²) in [5, 5.41) is 12.0. The van der Waals surface area contributed by atoms with Crippen molar-refractivity contribution in [3.8, 4) is 5.75 Å². The van der Waals surface area contributed by atoms with Crippen LogP contribution in [0.4, 0.5) is 23.2 Å². The average molecular weight is 539 g/mol. The van der Waals surface area contributed by atoms with Gasteiger partial charge in [0.15, 0.2) is 0 Å². The lowest BCUT2D eigenvalue weighted by atomic mass is 10.1. The molecule has 37 heavy (non-hydrogen) atoms. The number of nitrogens with one attached hydrogen (secondary N) is 1. The van der Waals surface area contributed by atoms with E-state index in [1.54, 1.807) is 0 Å². The molecular formula is C26H26F4N2O4S. The smallest absolute Gasteiger partial charge is 0.490 e. The third-order valence-corrected chi connectivity index (χ3v) is 6.44. The van der Waals surface area contributed by atoms with E-state index in [-0.39, 0.29) is 17.8 Å². The van der Waals surface area contributed by atoms with E-state index in [0.29, 0.717) is 4.88 Å². The number of ether oxygens (including phenoxy) is 1.